The van der Waals surface area contributed by atoms with E-state index in [1.807, 2.05) is 24.3 Å². The van der Waals surface area contributed by atoms with E-state index in [4.69, 9.17) is 9.84 Å². The van der Waals surface area contributed by atoms with Crippen LogP contribution in [-0.2, 0) is 4.79 Å². The Kier molecular flexibility index (Phi) is 6.02. The van der Waals surface area contributed by atoms with E-state index in [1.54, 1.807) is 13.8 Å². The molecule has 0 aliphatic rings. The van der Waals surface area contributed by atoms with E-state index in [2.05, 4.69) is 19.2 Å². The van der Waals surface area contributed by atoms with Crippen LogP contribution in [0.1, 0.15) is 45.6 Å². The quantitative estimate of drug-likeness (QED) is 0.806. The first kappa shape index (κ1) is 16.5. The Morgan fingerprint density at radius 3 is 2.65 bits per heavy atom. The maximum Gasteiger partial charge on any atom is 0.258 e. The Bertz CT molecular complexity index is 443. The summed E-state index contributed by atoms with van der Waals surface area (Å²) < 4.78 is 5.62. The number of rotatable bonds is 7. The highest BCUT2D eigenvalue weighted by Gasteiger charge is 2.19. The van der Waals surface area contributed by atoms with Crippen LogP contribution < -0.4 is 10.1 Å². The first-order valence-electron chi connectivity index (χ1n) is 7.03. The van der Waals surface area contributed by atoms with Gasteiger partial charge in [-0.15, -0.1) is 0 Å². The Morgan fingerprint density at radius 1 is 1.40 bits per heavy atom. The average molecular weight is 279 g/mol. The summed E-state index contributed by atoms with van der Waals surface area (Å²) in [6.07, 6.45) is 1.02. The van der Waals surface area contributed by atoms with Gasteiger partial charge in [-0.3, -0.25) is 4.79 Å². The number of carbonyl (C=O) groups is 1. The SMILES string of the molecule is CCC(C)c1ccccc1OCC(=O)NC(C)(C)CO. The molecule has 0 saturated carbocycles. The molecule has 1 rings (SSSR count). The smallest absolute Gasteiger partial charge is 0.258 e. The first-order chi connectivity index (χ1) is 9.39. The van der Waals surface area contributed by atoms with Gasteiger partial charge in [0.05, 0.1) is 12.1 Å². The fourth-order valence-corrected chi connectivity index (χ4v) is 1.84. The summed E-state index contributed by atoms with van der Waals surface area (Å²) in [7, 11) is 0. The summed E-state index contributed by atoms with van der Waals surface area (Å²) >= 11 is 0. The number of para-hydroxylation sites is 1. The number of aliphatic hydroxyl groups excluding tert-OH is 1. The van der Waals surface area contributed by atoms with Crippen LogP contribution >= 0.6 is 0 Å². The Labute approximate surface area is 121 Å². The van der Waals surface area contributed by atoms with Gasteiger partial charge in [0.15, 0.2) is 6.61 Å². The molecule has 0 saturated heterocycles. The molecular formula is C16H25NO3. The second kappa shape index (κ2) is 7.29. The fraction of sp³-hybridized carbons (Fsp3) is 0.562. The molecule has 0 fully saturated rings. The monoisotopic (exact) mass is 279 g/mol. The molecule has 4 heteroatoms. The fourth-order valence-electron chi connectivity index (χ4n) is 1.84. The van der Waals surface area contributed by atoms with Crippen LogP contribution in [0.5, 0.6) is 5.75 Å². The average Bonchev–Trinajstić information content (AvgIpc) is 2.44. The number of amides is 1. The van der Waals surface area contributed by atoms with Crippen LogP contribution in [0, 0.1) is 0 Å². The minimum Gasteiger partial charge on any atom is -0.483 e. The number of hydrogen-bond donors (Lipinski definition) is 2. The summed E-state index contributed by atoms with van der Waals surface area (Å²) in [4.78, 5) is 11.8. The molecule has 1 amide bonds. The summed E-state index contributed by atoms with van der Waals surface area (Å²) in [5.41, 5.74) is 0.487. The van der Waals surface area contributed by atoms with Gasteiger partial charge in [0.2, 0.25) is 0 Å². The lowest BCUT2D eigenvalue weighted by Crippen LogP contribution is -2.48. The number of carbonyl (C=O) groups excluding carboxylic acids is 1. The summed E-state index contributed by atoms with van der Waals surface area (Å²) in [6, 6.07) is 7.78. The van der Waals surface area contributed by atoms with E-state index in [0.29, 0.717) is 5.92 Å². The number of nitrogens with one attached hydrogen (secondary N) is 1. The molecule has 2 N–H and O–H groups in total. The lowest BCUT2D eigenvalue weighted by atomic mass is 9.98. The van der Waals surface area contributed by atoms with Crippen LogP contribution in [-0.4, -0.2) is 29.8 Å². The van der Waals surface area contributed by atoms with Crippen LogP contribution in [0.25, 0.3) is 0 Å². The summed E-state index contributed by atoms with van der Waals surface area (Å²) in [5, 5.41) is 11.8. The van der Waals surface area contributed by atoms with Crippen LogP contribution in [0.3, 0.4) is 0 Å². The van der Waals surface area contributed by atoms with Gasteiger partial charge in [-0.25, -0.2) is 0 Å². The van der Waals surface area contributed by atoms with E-state index >= 15 is 0 Å². The van der Waals surface area contributed by atoms with E-state index in [9.17, 15) is 4.79 Å². The minimum absolute atomic E-state index is 0.0448. The molecule has 1 atom stereocenters. The highest BCUT2D eigenvalue weighted by molar-refractivity contribution is 5.78. The number of aliphatic hydroxyl groups is 1. The highest BCUT2D eigenvalue weighted by Crippen LogP contribution is 2.28. The van der Waals surface area contributed by atoms with Crippen molar-refractivity contribution >= 4 is 5.91 Å². The first-order valence-corrected chi connectivity index (χ1v) is 7.03. The van der Waals surface area contributed by atoms with Crippen molar-refractivity contribution in [2.24, 2.45) is 0 Å². The Morgan fingerprint density at radius 2 is 2.05 bits per heavy atom. The predicted octanol–water partition coefficient (Wildman–Crippen LogP) is 2.47. The molecule has 0 heterocycles. The van der Waals surface area contributed by atoms with Gasteiger partial charge in [0.1, 0.15) is 5.75 Å². The van der Waals surface area contributed by atoms with Gasteiger partial charge in [-0.2, -0.15) is 0 Å². The number of benzene rings is 1. The third kappa shape index (κ3) is 4.85. The Hall–Kier alpha value is -1.55. The van der Waals surface area contributed by atoms with Crippen molar-refractivity contribution in [1.29, 1.82) is 0 Å². The molecule has 0 aliphatic carbocycles. The zero-order valence-corrected chi connectivity index (χ0v) is 12.8. The molecule has 0 spiro atoms. The molecule has 20 heavy (non-hydrogen) atoms. The Balaban J connectivity index is 2.64. The normalized spacial score (nSPS) is 12.8. The van der Waals surface area contributed by atoms with Crippen molar-refractivity contribution in [2.75, 3.05) is 13.2 Å². The van der Waals surface area contributed by atoms with E-state index < -0.39 is 5.54 Å². The zero-order chi connectivity index (χ0) is 15.2. The van der Waals surface area contributed by atoms with E-state index in [1.165, 1.54) is 0 Å². The lowest BCUT2D eigenvalue weighted by molar-refractivity contribution is -0.125. The molecule has 0 bridgehead atoms. The van der Waals surface area contributed by atoms with E-state index in [0.717, 1.165) is 17.7 Å². The molecule has 1 unspecified atom stereocenters. The van der Waals surface area contributed by atoms with Gasteiger partial charge < -0.3 is 15.2 Å². The largest absolute Gasteiger partial charge is 0.483 e. The van der Waals surface area contributed by atoms with Crippen LogP contribution in [0.15, 0.2) is 24.3 Å². The molecule has 1 aromatic rings. The number of hydrogen-bond acceptors (Lipinski definition) is 3. The minimum atomic E-state index is -0.628. The van der Waals surface area contributed by atoms with Crippen LogP contribution in [0.4, 0.5) is 0 Å². The second-order valence-electron chi connectivity index (χ2n) is 5.73. The standard InChI is InChI=1S/C16H25NO3/c1-5-12(2)13-8-6-7-9-14(13)20-10-15(19)17-16(3,4)11-18/h6-9,12,18H,5,10-11H2,1-4H3,(H,17,19). The molecule has 0 aromatic heterocycles. The van der Waals surface area contributed by atoms with Gasteiger partial charge >= 0.3 is 0 Å². The van der Waals surface area contributed by atoms with Gasteiger partial charge in [0, 0.05) is 0 Å². The van der Waals surface area contributed by atoms with Crippen LogP contribution in [0.2, 0.25) is 0 Å². The van der Waals surface area contributed by atoms with Gasteiger partial charge in [-0.1, -0.05) is 32.0 Å². The summed E-state index contributed by atoms with van der Waals surface area (Å²) in [6.45, 7) is 7.63. The molecule has 0 radical (unpaired) electrons. The molecular weight excluding hydrogens is 254 g/mol. The highest BCUT2D eigenvalue weighted by atomic mass is 16.5. The lowest BCUT2D eigenvalue weighted by Gasteiger charge is -2.23. The maximum absolute atomic E-state index is 11.8. The number of ether oxygens (including phenoxy) is 1. The third-order valence-corrected chi connectivity index (χ3v) is 3.29. The van der Waals surface area contributed by atoms with E-state index in [-0.39, 0.29) is 19.1 Å². The molecule has 4 nitrogen and oxygen atoms in total. The summed E-state index contributed by atoms with van der Waals surface area (Å²) in [5.74, 6) is 0.907. The van der Waals surface area contributed by atoms with Crippen molar-refractivity contribution in [2.45, 2.75) is 45.6 Å². The molecule has 112 valence electrons. The molecule has 1 aromatic carbocycles. The third-order valence-electron chi connectivity index (χ3n) is 3.29. The maximum atomic E-state index is 11.8. The van der Waals surface area contributed by atoms with Crippen molar-refractivity contribution in [1.82, 2.24) is 5.32 Å². The van der Waals surface area contributed by atoms with Gasteiger partial charge in [0.25, 0.3) is 5.91 Å². The van der Waals surface area contributed by atoms with Crippen molar-refractivity contribution in [3.8, 4) is 5.75 Å². The predicted molar refractivity (Wildman–Crippen MR) is 80.0 cm³/mol. The van der Waals surface area contributed by atoms with Gasteiger partial charge in [-0.05, 0) is 37.8 Å². The molecule has 0 aliphatic heterocycles. The zero-order valence-electron chi connectivity index (χ0n) is 12.8. The second-order valence-corrected chi connectivity index (χ2v) is 5.73. The topological polar surface area (TPSA) is 58.6 Å². The van der Waals surface area contributed by atoms with Crippen molar-refractivity contribution in [3.05, 3.63) is 29.8 Å². The van der Waals surface area contributed by atoms with Crippen molar-refractivity contribution in [3.63, 3.8) is 0 Å². The van der Waals surface area contributed by atoms with Crippen molar-refractivity contribution < 1.29 is 14.6 Å².